The monoisotopic (exact) mass is 347 g/mol. The Kier molecular flexibility index (Phi) is 1.76. The van der Waals surface area contributed by atoms with Crippen molar-refractivity contribution in [3.63, 3.8) is 0 Å². The second kappa shape index (κ2) is 5.40. The van der Waals surface area contributed by atoms with E-state index >= 15 is 0 Å². The van der Waals surface area contributed by atoms with E-state index in [9.17, 15) is 0 Å². The maximum absolute atomic E-state index is 8.03. The van der Waals surface area contributed by atoms with Gasteiger partial charge in [-0.2, -0.15) is 0 Å². The van der Waals surface area contributed by atoms with Crippen LogP contribution in [0.5, 0.6) is 0 Å². The quantitative estimate of drug-likeness (QED) is 0.366. The van der Waals surface area contributed by atoms with Gasteiger partial charge in [-0.05, 0) is 61.5 Å². The van der Waals surface area contributed by atoms with Gasteiger partial charge in [0, 0.05) is 29.5 Å². The molecule has 0 spiro atoms. The zero-order chi connectivity index (χ0) is 25.3. The smallest absolute Gasteiger partial charge is 0.154 e. The largest absolute Gasteiger partial charge is 0.454 e. The summed E-state index contributed by atoms with van der Waals surface area (Å²) in [5.74, 6) is 0. The van der Waals surface area contributed by atoms with Crippen LogP contribution in [0.4, 0.5) is 0 Å². The molecule has 126 valence electrons. The summed E-state index contributed by atoms with van der Waals surface area (Å²) in [6, 6.07) is 13.2. The normalized spacial score (nSPS) is 18.2. The average molecular weight is 347 g/mol. The molecule has 0 aliphatic rings. The van der Waals surface area contributed by atoms with Crippen LogP contribution in [0.3, 0.4) is 0 Å². The van der Waals surface area contributed by atoms with Crippen LogP contribution in [-0.2, 0) is 0 Å². The number of aryl methyl sites for hydroxylation is 3. The molecule has 26 heavy (non-hydrogen) atoms. The van der Waals surface area contributed by atoms with E-state index in [0.717, 1.165) is 11.6 Å². The lowest BCUT2D eigenvalue weighted by Gasteiger charge is -2.06. The predicted octanol–water partition coefficient (Wildman–Crippen LogP) is 6.12. The van der Waals surface area contributed by atoms with Gasteiger partial charge in [0.1, 0.15) is 11.1 Å². The summed E-state index contributed by atoms with van der Waals surface area (Å²) in [7, 11) is 0. The number of rotatable bonds is 1. The molecule has 0 radical (unpaired) electrons. The molecule has 3 aromatic heterocycles. The number of hydrogen-bond acceptors (Lipinski definition) is 3. The van der Waals surface area contributed by atoms with Crippen LogP contribution in [0.25, 0.3) is 44.2 Å². The number of aromatic nitrogens is 2. The van der Waals surface area contributed by atoms with Crippen LogP contribution in [-0.4, -0.2) is 9.97 Å². The number of para-hydroxylation sites is 1. The second-order valence-corrected chi connectivity index (χ2v) is 6.11. The zero-order valence-electron chi connectivity index (χ0n) is 22.5. The SMILES string of the molecule is [2H]C([2H])([2H])c1cnc(-c2ccc(C([2H])([2H])[2H])c3c2oc2cc4ccccc4nc23)cc1C([2H])([2H])[2H]. The Balaban J connectivity index is 1.87. The van der Waals surface area contributed by atoms with Crippen LogP contribution in [0, 0.1) is 20.6 Å². The third-order valence-electron chi connectivity index (χ3n) is 4.48. The molecule has 0 saturated carbocycles. The molecular weight excluding hydrogens is 320 g/mol. The number of pyridine rings is 2. The minimum atomic E-state index is -2.70. The first kappa shape index (κ1) is 8.45. The fourth-order valence-electron chi connectivity index (χ4n) is 3.19. The molecule has 5 aromatic rings. The summed E-state index contributed by atoms with van der Waals surface area (Å²) >= 11 is 0. The van der Waals surface area contributed by atoms with Crippen molar-refractivity contribution in [3.8, 4) is 11.3 Å². The van der Waals surface area contributed by atoms with Crippen molar-refractivity contribution in [1.29, 1.82) is 0 Å². The van der Waals surface area contributed by atoms with Crippen molar-refractivity contribution >= 4 is 33.0 Å². The molecule has 0 bridgehead atoms. The van der Waals surface area contributed by atoms with Gasteiger partial charge in [0.05, 0.1) is 16.6 Å². The van der Waals surface area contributed by atoms with E-state index in [0.29, 0.717) is 22.2 Å². The van der Waals surface area contributed by atoms with E-state index < -0.39 is 20.6 Å². The first-order valence-electron chi connectivity index (χ1n) is 12.5. The summed E-state index contributed by atoms with van der Waals surface area (Å²) in [5.41, 5.74) is 1.37. The van der Waals surface area contributed by atoms with Gasteiger partial charge < -0.3 is 4.42 Å². The van der Waals surface area contributed by atoms with Gasteiger partial charge in [-0.25, -0.2) is 4.98 Å². The molecule has 0 fully saturated rings. The van der Waals surface area contributed by atoms with Gasteiger partial charge in [-0.3, -0.25) is 4.98 Å². The van der Waals surface area contributed by atoms with E-state index in [1.165, 1.54) is 18.2 Å². The molecule has 3 heteroatoms. The molecule has 3 heterocycles. The van der Waals surface area contributed by atoms with E-state index in [4.69, 9.17) is 16.8 Å². The first-order valence-corrected chi connectivity index (χ1v) is 8.02. The molecule has 0 unspecified atom stereocenters. The van der Waals surface area contributed by atoms with Gasteiger partial charge in [0.2, 0.25) is 0 Å². The summed E-state index contributed by atoms with van der Waals surface area (Å²) < 4.78 is 76.8. The lowest BCUT2D eigenvalue weighted by Crippen LogP contribution is -1.89. The number of benzene rings is 2. The average Bonchev–Trinajstić information content (AvgIpc) is 3.12. The van der Waals surface area contributed by atoms with Crippen LogP contribution >= 0.6 is 0 Å². The van der Waals surface area contributed by atoms with Gasteiger partial charge in [-0.15, -0.1) is 0 Å². The zero-order valence-corrected chi connectivity index (χ0v) is 13.5. The molecule has 0 saturated heterocycles. The van der Waals surface area contributed by atoms with E-state index in [1.807, 2.05) is 24.3 Å². The van der Waals surface area contributed by atoms with Crippen LogP contribution in [0.1, 0.15) is 29.0 Å². The highest BCUT2D eigenvalue weighted by atomic mass is 16.3. The van der Waals surface area contributed by atoms with Gasteiger partial charge in [-0.1, -0.05) is 24.3 Å². The Bertz CT molecular complexity index is 1610. The van der Waals surface area contributed by atoms with Crippen LogP contribution in [0.15, 0.2) is 59.1 Å². The first-order chi connectivity index (χ1) is 16.2. The number of nitrogens with zero attached hydrogens (tertiary/aromatic N) is 2. The maximum atomic E-state index is 8.03. The molecule has 5 rings (SSSR count). The Labute approximate surface area is 164 Å². The summed E-state index contributed by atoms with van der Waals surface area (Å²) in [6.07, 6.45) is 1.03. The molecule has 0 amide bonds. The Morgan fingerprint density at radius 3 is 2.69 bits per heavy atom. The third-order valence-corrected chi connectivity index (χ3v) is 4.48. The Hall–Kier alpha value is -3.20. The summed E-state index contributed by atoms with van der Waals surface area (Å²) in [5, 5.41) is 1.08. The van der Waals surface area contributed by atoms with Crippen molar-refractivity contribution in [2.45, 2.75) is 20.6 Å². The van der Waals surface area contributed by atoms with Gasteiger partial charge in [0.25, 0.3) is 0 Å². The molecule has 0 N–H and O–H groups in total. The van der Waals surface area contributed by atoms with Crippen molar-refractivity contribution < 1.29 is 16.8 Å². The topological polar surface area (TPSA) is 38.9 Å². The van der Waals surface area contributed by atoms with Crippen molar-refractivity contribution in [1.82, 2.24) is 9.97 Å². The molecular formula is C23H18N2O. The van der Waals surface area contributed by atoms with Gasteiger partial charge in [0.15, 0.2) is 5.58 Å². The van der Waals surface area contributed by atoms with Gasteiger partial charge >= 0.3 is 0 Å². The van der Waals surface area contributed by atoms with E-state index in [2.05, 4.69) is 9.97 Å². The molecule has 0 aliphatic carbocycles. The van der Waals surface area contributed by atoms with Crippen LogP contribution in [0.2, 0.25) is 0 Å². The van der Waals surface area contributed by atoms with Crippen molar-refractivity contribution in [2.24, 2.45) is 0 Å². The summed E-state index contributed by atoms with van der Waals surface area (Å²) in [4.78, 5) is 8.88. The Morgan fingerprint density at radius 2 is 1.81 bits per heavy atom. The lowest BCUT2D eigenvalue weighted by molar-refractivity contribution is 0.669. The molecule has 0 aliphatic heterocycles. The fraction of sp³-hybridized carbons (Fsp3) is 0.130. The fourth-order valence-corrected chi connectivity index (χ4v) is 3.19. The maximum Gasteiger partial charge on any atom is 0.154 e. The minimum Gasteiger partial charge on any atom is -0.454 e. The predicted molar refractivity (Wildman–Crippen MR) is 106 cm³/mol. The number of furan rings is 1. The van der Waals surface area contributed by atoms with Crippen LogP contribution < -0.4 is 0 Å². The van der Waals surface area contributed by atoms with E-state index in [-0.39, 0.29) is 33.4 Å². The number of fused-ring (bicyclic) bond motifs is 4. The lowest BCUT2D eigenvalue weighted by atomic mass is 10.0. The highest BCUT2D eigenvalue weighted by molar-refractivity contribution is 6.11. The standard InChI is InChI=1S/C23H18N2O/c1-13-8-9-17(19-10-14(2)15(3)12-24-19)23-21(13)22-20(26-23)11-16-6-4-5-7-18(16)25-22/h4-12H,1-3H3/i1D3,2D3,3D3. The van der Waals surface area contributed by atoms with E-state index in [1.54, 1.807) is 6.07 Å². The summed E-state index contributed by atoms with van der Waals surface area (Å²) in [6.45, 7) is -7.84. The van der Waals surface area contributed by atoms with Crippen molar-refractivity contribution in [2.75, 3.05) is 0 Å². The minimum absolute atomic E-state index is 0.0351. The molecule has 0 atom stereocenters. The number of hydrogen-bond donors (Lipinski definition) is 0. The third kappa shape index (κ3) is 2.14. The highest BCUT2D eigenvalue weighted by Crippen LogP contribution is 2.37. The molecule has 2 aromatic carbocycles. The van der Waals surface area contributed by atoms with Crippen molar-refractivity contribution in [3.05, 3.63) is 71.4 Å². The Morgan fingerprint density at radius 1 is 0.923 bits per heavy atom. The highest BCUT2D eigenvalue weighted by Gasteiger charge is 2.17. The second-order valence-electron chi connectivity index (χ2n) is 6.11. The molecule has 3 nitrogen and oxygen atoms in total.